The quantitative estimate of drug-likeness (QED) is 0.560. The SMILES string of the molecule is Cc1ccc(S(=O)(=O)[O-])cc1.Cc1ccc(S(=O)(=O)[O-])cc1.O.[NH3+]CC[NH3+]. The molecule has 11 heteroatoms. The molecule has 2 aromatic carbocycles. The Morgan fingerprint density at radius 2 is 0.889 bits per heavy atom. The number of aryl methyl sites for hydroxylation is 2. The average Bonchev–Trinajstić information content (AvgIpc) is 2.55. The topological polar surface area (TPSA) is 201 Å². The van der Waals surface area contributed by atoms with Crippen molar-refractivity contribution in [2.24, 2.45) is 0 Å². The van der Waals surface area contributed by atoms with Gasteiger partial charge in [-0.05, 0) is 38.1 Å². The van der Waals surface area contributed by atoms with Gasteiger partial charge in [0.05, 0.1) is 9.79 Å². The van der Waals surface area contributed by atoms with Gasteiger partial charge in [0.25, 0.3) is 0 Å². The highest BCUT2D eigenvalue weighted by Gasteiger charge is 1.98. The lowest BCUT2D eigenvalue weighted by atomic mass is 10.2. The molecule has 0 unspecified atom stereocenters. The average molecular weight is 423 g/mol. The van der Waals surface area contributed by atoms with Crippen molar-refractivity contribution in [3.63, 3.8) is 0 Å². The van der Waals surface area contributed by atoms with Gasteiger partial charge in [0.15, 0.2) is 0 Å². The van der Waals surface area contributed by atoms with Gasteiger partial charge in [-0.3, -0.25) is 0 Å². The fourth-order valence-corrected chi connectivity index (χ4v) is 2.35. The van der Waals surface area contributed by atoms with E-state index in [9.17, 15) is 25.9 Å². The van der Waals surface area contributed by atoms with Crippen LogP contribution < -0.4 is 11.5 Å². The summed E-state index contributed by atoms with van der Waals surface area (Å²) in [4.78, 5) is -0.355. The monoisotopic (exact) mass is 422 g/mol. The molecule has 0 saturated carbocycles. The summed E-state index contributed by atoms with van der Waals surface area (Å²) in [6.45, 7) is 5.56. The molecule has 0 spiro atoms. The molecule has 9 nitrogen and oxygen atoms in total. The van der Waals surface area contributed by atoms with Gasteiger partial charge in [0, 0.05) is 0 Å². The first-order chi connectivity index (χ1) is 11.9. The van der Waals surface area contributed by atoms with Crippen molar-refractivity contribution in [2.45, 2.75) is 23.6 Å². The smallest absolute Gasteiger partial charge is 0.124 e. The Labute approximate surface area is 159 Å². The van der Waals surface area contributed by atoms with E-state index in [1.165, 1.54) is 24.3 Å². The summed E-state index contributed by atoms with van der Waals surface area (Å²) in [6.07, 6.45) is 0. The van der Waals surface area contributed by atoms with Gasteiger partial charge in [-0.15, -0.1) is 0 Å². The van der Waals surface area contributed by atoms with Crippen molar-refractivity contribution in [2.75, 3.05) is 13.1 Å². The van der Waals surface area contributed by atoms with Gasteiger partial charge in [-0.25, -0.2) is 16.8 Å². The van der Waals surface area contributed by atoms with Crippen LogP contribution in [0.25, 0.3) is 0 Å². The van der Waals surface area contributed by atoms with E-state index >= 15 is 0 Å². The molecule has 0 heterocycles. The van der Waals surface area contributed by atoms with Crippen LogP contribution in [-0.2, 0) is 20.2 Å². The van der Waals surface area contributed by atoms with Crippen LogP contribution in [0.3, 0.4) is 0 Å². The summed E-state index contributed by atoms with van der Waals surface area (Å²) >= 11 is 0. The first-order valence-corrected chi connectivity index (χ1v) is 10.4. The minimum Gasteiger partial charge on any atom is -0.744 e. The third-order valence-corrected chi connectivity index (χ3v) is 4.57. The zero-order valence-corrected chi connectivity index (χ0v) is 16.8. The van der Waals surface area contributed by atoms with E-state index in [1.54, 1.807) is 24.3 Å². The highest BCUT2D eigenvalue weighted by molar-refractivity contribution is 7.86. The molecule has 0 aromatic heterocycles. The van der Waals surface area contributed by atoms with Gasteiger partial charge in [0.1, 0.15) is 33.3 Å². The molecule has 0 bridgehead atoms. The van der Waals surface area contributed by atoms with Crippen LogP contribution in [0.2, 0.25) is 0 Å². The van der Waals surface area contributed by atoms with Crippen molar-refractivity contribution in [3.8, 4) is 0 Å². The van der Waals surface area contributed by atoms with Crippen LogP contribution in [0, 0.1) is 13.8 Å². The summed E-state index contributed by atoms with van der Waals surface area (Å²) in [6, 6.07) is 11.6. The van der Waals surface area contributed by atoms with E-state index in [1.807, 2.05) is 13.8 Å². The van der Waals surface area contributed by atoms with Crippen LogP contribution >= 0.6 is 0 Å². The number of hydrogen-bond donors (Lipinski definition) is 2. The van der Waals surface area contributed by atoms with Crippen LogP contribution in [0.1, 0.15) is 11.1 Å². The third-order valence-electron chi connectivity index (χ3n) is 2.87. The van der Waals surface area contributed by atoms with Gasteiger partial charge in [-0.1, -0.05) is 35.4 Å². The summed E-state index contributed by atoms with van der Waals surface area (Å²) in [5.74, 6) is 0. The van der Waals surface area contributed by atoms with Gasteiger partial charge >= 0.3 is 0 Å². The molecular formula is C16H26N2O7S2. The molecule has 0 saturated heterocycles. The van der Waals surface area contributed by atoms with Gasteiger partial charge < -0.3 is 26.0 Å². The summed E-state index contributed by atoms with van der Waals surface area (Å²) in [5.41, 5.74) is 8.94. The molecule has 154 valence electrons. The largest absolute Gasteiger partial charge is 0.744 e. The second kappa shape index (κ2) is 12.5. The molecule has 8 N–H and O–H groups in total. The Morgan fingerprint density at radius 1 is 0.667 bits per heavy atom. The lowest BCUT2D eigenvalue weighted by Gasteiger charge is -2.05. The lowest BCUT2D eigenvalue weighted by Crippen LogP contribution is -2.64. The van der Waals surface area contributed by atoms with Crippen molar-refractivity contribution < 1.29 is 42.9 Å². The van der Waals surface area contributed by atoms with E-state index < -0.39 is 20.2 Å². The minimum absolute atomic E-state index is 0. The Kier molecular flexibility index (Phi) is 12.7. The summed E-state index contributed by atoms with van der Waals surface area (Å²) in [5, 5.41) is 0. The second-order valence-electron chi connectivity index (χ2n) is 5.24. The summed E-state index contributed by atoms with van der Waals surface area (Å²) < 4.78 is 62.3. The zero-order valence-electron chi connectivity index (χ0n) is 15.2. The number of hydrogen-bond acceptors (Lipinski definition) is 6. The van der Waals surface area contributed by atoms with Gasteiger partial charge in [-0.2, -0.15) is 0 Å². The number of rotatable bonds is 3. The predicted molar refractivity (Wildman–Crippen MR) is 97.4 cm³/mol. The third kappa shape index (κ3) is 12.2. The molecular weight excluding hydrogens is 396 g/mol. The highest BCUT2D eigenvalue weighted by atomic mass is 32.2. The van der Waals surface area contributed by atoms with Crippen molar-refractivity contribution in [3.05, 3.63) is 59.7 Å². The molecule has 0 amide bonds. The van der Waals surface area contributed by atoms with E-state index in [4.69, 9.17) is 0 Å². The number of quaternary nitrogens is 2. The molecule has 2 aromatic rings. The maximum Gasteiger partial charge on any atom is 0.124 e. The standard InChI is InChI=1S/2C7H8O3S.C2H8N2.H2O/c2*1-6-2-4-7(5-3-6)11(8,9)10;3-1-2-4;/h2*2-5H,1H3,(H,8,9,10);1-4H2;1H2. The molecule has 0 fully saturated rings. The van der Waals surface area contributed by atoms with Crippen LogP contribution in [0.5, 0.6) is 0 Å². The molecule has 0 aliphatic carbocycles. The maximum atomic E-state index is 10.4. The molecule has 0 aliphatic heterocycles. The maximum absolute atomic E-state index is 10.4. The molecule has 27 heavy (non-hydrogen) atoms. The Balaban J connectivity index is 0. The predicted octanol–water partition coefficient (Wildman–Crippen LogP) is -1.56. The van der Waals surface area contributed by atoms with E-state index in [-0.39, 0.29) is 15.3 Å². The van der Waals surface area contributed by atoms with E-state index in [2.05, 4.69) is 11.5 Å². The lowest BCUT2D eigenvalue weighted by molar-refractivity contribution is -0.453. The molecule has 0 aliphatic rings. The van der Waals surface area contributed by atoms with Gasteiger partial charge in [0.2, 0.25) is 0 Å². The molecule has 0 atom stereocenters. The Bertz CT molecular complexity index is 788. The normalized spacial score (nSPS) is 10.4. The minimum atomic E-state index is -4.27. The second-order valence-corrected chi connectivity index (χ2v) is 8.00. The fourth-order valence-electron chi connectivity index (χ4n) is 1.41. The van der Waals surface area contributed by atoms with Crippen molar-refractivity contribution >= 4 is 20.2 Å². The summed E-state index contributed by atoms with van der Waals surface area (Å²) in [7, 11) is -8.54. The first kappa shape index (κ1) is 27.4. The molecule has 2 rings (SSSR count). The van der Waals surface area contributed by atoms with Crippen LogP contribution in [0.15, 0.2) is 58.3 Å². The van der Waals surface area contributed by atoms with Crippen molar-refractivity contribution in [1.82, 2.24) is 0 Å². The zero-order chi connectivity index (χ0) is 20.4. The number of benzene rings is 2. The van der Waals surface area contributed by atoms with E-state index in [0.717, 1.165) is 24.2 Å². The first-order valence-electron chi connectivity index (χ1n) is 7.55. The Morgan fingerprint density at radius 3 is 1.04 bits per heavy atom. The van der Waals surface area contributed by atoms with Crippen LogP contribution in [-0.4, -0.2) is 44.5 Å². The fraction of sp³-hybridized carbons (Fsp3) is 0.250. The van der Waals surface area contributed by atoms with Crippen LogP contribution in [0.4, 0.5) is 0 Å². The Hall–Kier alpha value is -1.86. The highest BCUT2D eigenvalue weighted by Crippen LogP contribution is 2.09. The van der Waals surface area contributed by atoms with E-state index in [0.29, 0.717) is 0 Å². The molecule has 0 radical (unpaired) electrons. The van der Waals surface area contributed by atoms with Crippen molar-refractivity contribution in [1.29, 1.82) is 0 Å².